The van der Waals surface area contributed by atoms with Gasteiger partial charge in [-0.15, -0.1) is 0 Å². The molecule has 5 nitrogen and oxygen atoms in total. The largest absolute Gasteiger partial charge is 0.370 e. The zero-order valence-corrected chi connectivity index (χ0v) is 11.4. The van der Waals surface area contributed by atoms with Crippen LogP contribution < -0.4 is 5.32 Å². The summed E-state index contributed by atoms with van der Waals surface area (Å²) in [6.45, 7) is 3.09. The van der Waals surface area contributed by atoms with E-state index >= 15 is 0 Å². The summed E-state index contributed by atoms with van der Waals surface area (Å²) in [4.78, 5) is 8.57. The molecule has 0 bridgehead atoms. The number of nitrogens with one attached hydrogen (secondary N) is 1. The molecule has 0 saturated heterocycles. The maximum absolute atomic E-state index is 4.37. The van der Waals surface area contributed by atoms with Gasteiger partial charge in [0.15, 0.2) is 5.16 Å². The quantitative estimate of drug-likeness (QED) is 0.811. The van der Waals surface area contributed by atoms with E-state index in [9.17, 15) is 0 Å². The minimum absolute atomic E-state index is 0.840. The van der Waals surface area contributed by atoms with Crippen LogP contribution in [0.2, 0.25) is 0 Å². The third-order valence-electron chi connectivity index (χ3n) is 2.46. The molecule has 6 heteroatoms. The van der Waals surface area contributed by atoms with Crippen molar-refractivity contribution < 1.29 is 0 Å². The van der Waals surface area contributed by atoms with Gasteiger partial charge in [-0.3, -0.25) is 0 Å². The van der Waals surface area contributed by atoms with E-state index in [1.165, 1.54) is 5.56 Å². The van der Waals surface area contributed by atoms with Crippen LogP contribution in [0.3, 0.4) is 0 Å². The molecule has 0 aliphatic heterocycles. The number of aromatic nitrogens is 4. The summed E-state index contributed by atoms with van der Waals surface area (Å²) in [7, 11) is 1.90. The summed E-state index contributed by atoms with van der Waals surface area (Å²) < 4.78 is 1.78. The molecule has 2 heterocycles. The van der Waals surface area contributed by atoms with Crippen molar-refractivity contribution in [3.8, 4) is 0 Å². The number of nitrogens with zero attached hydrogens (tertiary/aromatic N) is 4. The molecule has 2 aromatic heterocycles. The van der Waals surface area contributed by atoms with Gasteiger partial charge in [0, 0.05) is 31.1 Å². The van der Waals surface area contributed by atoms with E-state index < -0.39 is 0 Å². The number of rotatable bonds is 6. The first-order chi connectivity index (χ1) is 8.81. The Balaban J connectivity index is 2.02. The number of pyridine rings is 1. The van der Waals surface area contributed by atoms with Gasteiger partial charge in [0.05, 0.1) is 0 Å². The van der Waals surface area contributed by atoms with Gasteiger partial charge in [-0.25, -0.2) is 14.6 Å². The second-order valence-corrected chi connectivity index (χ2v) is 4.84. The van der Waals surface area contributed by atoms with Crippen LogP contribution in [0.1, 0.15) is 18.9 Å². The van der Waals surface area contributed by atoms with E-state index in [-0.39, 0.29) is 0 Å². The monoisotopic (exact) mass is 263 g/mol. The highest BCUT2D eigenvalue weighted by atomic mass is 32.2. The lowest BCUT2D eigenvalue weighted by atomic mass is 10.3. The summed E-state index contributed by atoms with van der Waals surface area (Å²) in [5, 5.41) is 8.31. The molecule has 96 valence electrons. The SMILES string of the molecule is CCCNc1ncccc1CSc1ncnn1C. The molecule has 0 atom stereocenters. The molecule has 2 aromatic rings. The second-order valence-electron chi connectivity index (χ2n) is 3.89. The summed E-state index contributed by atoms with van der Waals surface area (Å²) in [5.41, 5.74) is 1.19. The number of aryl methyl sites for hydroxylation is 1. The first-order valence-electron chi connectivity index (χ1n) is 5.95. The highest BCUT2D eigenvalue weighted by Crippen LogP contribution is 2.23. The number of anilines is 1. The van der Waals surface area contributed by atoms with Crippen molar-refractivity contribution in [2.45, 2.75) is 24.3 Å². The van der Waals surface area contributed by atoms with E-state index in [4.69, 9.17) is 0 Å². The molecule has 0 amide bonds. The molecular formula is C12H17N5S. The lowest BCUT2D eigenvalue weighted by molar-refractivity contribution is 0.685. The van der Waals surface area contributed by atoms with Crippen molar-refractivity contribution in [3.63, 3.8) is 0 Å². The number of hydrogen-bond acceptors (Lipinski definition) is 5. The predicted molar refractivity (Wildman–Crippen MR) is 73.6 cm³/mol. The van der Waals surface area contributed by atoms with Crippen molar-refractivity contribution in [1.29, 1.82) is 0 Å². The molecule has 2 rings (SSSR count). The van der Waals surface area contributed by atoms with Crippen molar-refractivity contribution >= 4 is 17.6 Å². The molecule has 0 aliphatic carbocycles. The van der Waals surface area contributed by atoms with Crippen molar-refractivity contribution in [2.75, 3.05) is 11.9 Å². The minimum atomic E-state index is 0.840. The molecule has 0 radical (unpaired) electrons. The van der Waals surface area contributed by atoms with Crippen LogP contribution in [-0.4, -0.2) is 26.3 Å². The zero-order valence-electron chi connectivity index (χ0n) is 10.6. The van der Waals surface area contributed by atoms with Crippen molar-refractivity contribution in [3.05, 3.63) is 30.2 Å². The van der Waals surface area contributed by atoms with Gasteiger partial charge < -0.3 is 5.32 Å². The maximum atomic E-state index is 4.37. The van der Waals surface area contributed by atoms with E-state index in [0.717, 1.165) is 29.7 Å². The van der Waals surface area contributed by atoms with Crippen LogP contribution in [-0.2, 0) is 12.8 Å². The second kappa shape index (κ2) is 6.39. The van der Waals surface area contributed by atoms with Gasteiger partial charge in [-0.2, -0.15) is 5.10 Å². The standard InChI is InChI=1S/C12H17N5S/c1-3-6-13-11-10(5-4-7-14-11)8-18-12-15-9-16-17(12)2/h4-5,7,9H,3,6,8H2,1-2H3,(H,13,14). The van der Waals surface area contributed by atoms with Gasteiger partial charge >= 0.3 is 0 Å². The molecule has 1 N–H and O–H groups in total. The fourth-order valence-corrected chi connectivity index (χ4v) is 2.39. The summed E-state index contributed by atoms with van der Waals surface area (Å²) in [6, 6.07) is 4.05. The van der Waals surface area contributed by atoms with Gasteiger partial charge in [0.1, 0.15) is 12.1 Å². The molecule has 18 heavy (non-hydrogen) atoms. The average molecular weight is 263 g/mol. The molecular weight excluding hydrogens is 246 g/mol. The number of thioether (sulfide) groups is 1. The predicted octanol–water partition coefficient (Wildman–Crippen LogP) is 2.32. The van der Waals surface area contributed by atoms with Crippen LogP contribution in [0.15, 0.2) is 29.8 Å². The third kappa shape index (κ3) is 3.22. The van der Waals surface area contributed by atoms with E-state index in [1.54, 1.807) is 22.8 Å². The van der Waals surface area contributed by atoms with Crippen LogP contribution >= 0.6 is 11.8 Å². The van der Waals surface area contributed by atoms with E-state index in [2.05, 4.69) is 33.4 Å². The van der Waals surface area contributed by atoms with Crippen molar-refractivity contribution in [2.24, 2.45) is 7.05 Å². The zero-order chi connectivity index (χ0) is 12.8. The summed E-state index contributed by atoms with van der Waals surface area (Å²) >= 11 is 1.66. The van der Waals surface area contributed by atoms with E-state index in [0.29, 0.717) is 0 Å². The first kappa shape index (κ1) is 12.9. The first-order valence-corrected chi connectivity index (χ1v) is 6.94. The minimum Gasteiger partial charge on any atom is -0.370 e. The van der Waals surface area contributed by atoms with Gasteiger partial charge in [0.2, 0.25) is 0 Å². The summed E-state index contributed by atoms with van der Waals surface area (Å²) in [6.07, 6.45) is 4.47. The maximum Gasteiger partial charge on any atom is 0.186 e. The normalized spacial score (nSPS) is 10.6. The van der Waals surface area contributed by atoms with Crippen LogP contribution in [0, 0.1) is 0 Å². The Hall–Kier alpha value is -1.56. The van der Waals surface area contributed by atoms with E-state index in [1.807, 2.05) is 19.3 Å². The Morgan fingerprint density at radius 2 is 2.28 bits per heavy atom. The average Bonchev–Trinajstić information content (AvgIpc) is 2.80. The fourth-order valence-electron chi connectivity index (χ4n) is 1.52. The Bertz CT molecular complexity index is 497. The Morgan fingerprint density at radius 1 is 1.39 bits per heavy atom. The third-order valence-corrected chi connectivity index (χ3v) is 3.54. The number of hydrogen-bond donors (Lipinski definition) is 1. The molecule has 0 fully saturated rings. The van der Waals surface area contributed by atoms with Crippen molar-refractivity contribution in [1.82, 2.24) is 19.7 Å². The van der Waals surface area contributed by atoms with Gasteiger partial charge in [-0.1, -0.05) is 24.8 Å². The van der Waals surface area contributed by atoms with Crippen LogP contribution in [0.5, 0.6) is 0 Å². The Labute approximate surface area is 111 Å². The molecule has 0 aromatic carbocycles. The lowest BCUT2D eigenvalue weighted by Crippen LogP contribution is -2.04. The van der Waals surface area contributed by atoms with Gasteiger partial charge in [0.25, 0.3) is 0 Å². The molecule has 0 aliphatic rings. The summed E-state index contributed by atoms with van der Waals surface area (Å²) in [5.74, 6) is 1.81. The smallest absolute Gasteiger partial charge is 0.186 e. The molecule has 0 saturated carbocycles. The Kier molecular flexibility index (Phi) is 4.58. The van der Waals surface area contributed by atoms with Gasteiger partial charge in [-0.05, 0) is 12.5 Å². The highest BCUT2D eigenvalue weighted by Gasteiger charge is 2.06. The molecule has 0 unspecified atom stereocenters. The Morgan fingerprint density at radius 3 is 3.00 bits per heavy atom. The molecule has 0 spiro atoms. The lowest BCUT2D eigenvalue weighted by Gasteiger charge is -2.09. The van der Waals surface area contributed by atoms with Crippen LogP contribution in [0.4, 0.5) is 5.82 Å². The highest BCUT2D eigenvalue weighted by molar-refractivity contribution is 7.98. The van der Waals surface area contributed by atoms with Crippen LogP contribution in [0.25, 0.3) is 0 Å². The topological polar surface area (TPSA) is 55.6 Å². The fraction of sp³-hybridized carbons (Fsp3) is 0.417.